The van der Waals surface area contributed by atoms with Gasteiger partial charge in [0, 0.05) is 24.2 Å². The molecule has 11 heteroatoms. The maximum Gasteiger partial charge on any atom is 0.410 e. The molecular weight excluding hydrogens is 549 g/mol. The molecule has 10 nitrogen and oxygen atoms in total. The van der Waals surface area contributed by atoms with E-state index in [1.54, 1.807) is 39.0 Å². The van der Waals surface area contributed by atoms with Gasteiger partial charge in [0.2, 0.25) is 5.95 Å². The van der Waals surface area contributed by atoms with Crippen LogP contribution in [0.2, 0.25) is 0 Å². The number of nitrogens with one attached hydrogen (secondary N) is 2. The van der Waals surface area contributed by atoms with E-state index in [0.717, 1.165) is 31.6 Å². The number of nitrogens with zero attached hydrogens (tertiary/aromatic N) is 5. The number of carbonyl (C=O) groups excluding carboxylic acids is 1. The Balaban J connectivity index is 1.25. The summed E-state index contributed by atoms with van der Waals surface area (Å²) in [5, 5.41) is 16.5. The van der Waals surface area contributed by atoms with Crippen molar-refractivity contribution < 1.29 is 18.7 Å². The third kappa shape index (κ3) is 7.56. The lowest BCUT2D eigenvalue weighted by Crippen LogP contribution is -2.50. The fraction of sp³-hybridized carbons (Fsp3) is 0.469. The van der Waals surface area contributed by atoms with Gasteiger partial charge in [0.1, 0.15) is 29.9 Å². The number of anilines is 2. The summed E-state index contributed by atoms with van der Waals surface area (Å²) in [4.78, 5) is 26.8. The number of halogens is 1. The Bertz CT molecular complexity index is 1500. The predicted molar refractivity (Wildman–Crippen MR) is 161 cm³/mol. The van der Waals surface area contributed by atoms with Crippen LogP contribution in [-0.2, 0) is 4.74 Å². The molecule has 2 aliphatic rings. The highest BCUT2D eigenvalue weighted by Crippen LogP contribution is 2.31. The number of amides is 1. The van der Waals surface area contributed by atoms with Crippen molar-refractivity contribution in [3.8, 4) is 23.2 Å². The van der Waals surface area contributed by atoms with Crippen LogP contribution in [0.5, 0.6) is 5.75 Å². The average molecular weight is 588 g/mol. The van der Waals surface area contributed by atoms with Crippen LogP contribution in [0, 0.1) is 18.3 Å². The summed E-state index contributed by atoms with van der Waals surface area (Å²) < 4.78 is 26.3. The van der Waals surface area contributed by atoms with Crippen molar-refractivity contribution in [1.82, 2.24) is 25.2 Å². The van der Waals surface area contributed by atoms with E-state index in [1.807, 2.05) is 6.07 Å². The van der Waals surface area contributed by atoms with E-state index < -0.39 is 24.0 Å². The Kier molecular flexibility index (Phi) is 9.06. The highest BCUT2D eigenvalue weighted by Gasteiger charge is 2.35. The second-order valence-corrected chi connectivity index (χ2v) is 12.1. The highest BCUT2D eigenvalue weighted by atomic mass is 19.1. The van der Waals surface area contributed by atoms with Gasteiger partial charge in [-0.25, -0.2) is 19.2 Å². The minimum atomic E-state index is -1.43. The van der Waals surface area contributed by atoms with Gasteiger partial charge >= 0.3 is 6.09 Å². The van der Waals surface area contributed by atoms with Gasteiger partial charge < -0.3 is 25.0 Å². The number of ether oxygens (including phenoxy) is 2. The fourth-order valence-electron chi connectivity index (χ4n) is 5.50. The van der Waals surface area contributed by atoms with E-state index in [-0.39, 0.29) is 24.3 Å². The summed E-state index contributed by atoms with van der Waals surface area (Å²) in [6, 6.07) is 13.4. The summed E-state index contributed by atoms with van der Waals surface area (Å²) in [6.07, 6.45) is 1.20. The normalized spacial score (nSPS) is 19.4. The number of hydrogen-bond donors (Lipinski definition) is 2. The number of alkyl halides is 1. The topological polar surface area (TPSA) is 125 Å². The van der Waals surface area contributed by atoms with Gasteiger partial charge in [-0.3, -0.25) is 0 Å². The molecule has 0 aliphatic carbocycles. The van der Waals surface area contributed by atoms with E-state index in [9.17, 15) is 10.1 Å². The van der Waals surface area contributed by atoms with Crippen LogP contribution in [0.3, 0.4) is 0 Å². The monoisotopic (exact) mass is 587 g/mol. The number of nitriles is 1. The molecule has 2 atom stereocenters. The largest absolute Gasteiger partial charge is 0.486 e. The van der Waals surface area contributed by atoms with Gasteiger partial charge in [-0.2, -0.15) is 10.2 Å². The Hall–Kier alpha value is -4.30. The van der Waals surface area contributed by atoms with Gasteiger partial charge in [0.05, 0.1) is 12.1 Å². The van der Waals surface area contributed by atoms with Crippen LogP contribution in [-0.4, -0.2) is 70.0 Å². The SMILES string of the molecule is Cc1cc(Nc2ncnc(-c3ccc(OC4CCN(C(=O)OC(C)(C)C)CC4F)c(C#N)c3)n2)ccc1C1CCNCC1. The molecule has 0 saturated carbocycles. The molecular formula is C32H38FN7O3. The van der Waals surface area contributed by atoms with Crippen LogP contribution in [0.15, 0.2) is 42.7 Å². The summed E-state index contributed by atoms with van der Waals surface area (Å²) in [7, 11) is 0. The van der Waals surface area contributed by atoms with Crippen molar-refractivity contribution >= 4 is 17.7 Å². The first-order valence-corrected chi connectivity index (χ1v) is 14.7. The van der Waals surface area contributed by atoms with E-state index >= 15 is 4.39 Å². The Morgan fingerprint density at radius 3 is 2.63 bits per heavy atom. The molecule has 0 radical (unpaired) electrons. The van der Waals surface area contributed by atoms with Gasteiger partial charge in [-0.15, -0.1) is 0 Å². The third-order valence-corrected chi connectivity index (χ3v) is 7.65. The Morgan fingerprint density at radius 1 is 1.14 bits per heavy atom. The van der Waals surface area contributed by atoms with Crippen molar-refractivity contribution in [2.24, 2.45) is 0 Å². The van der Waals surface area contributed by atoms with Gasteiger partial charge in [0.15, 0.2) is 12.0 Å². The minimum Gasteiger partial charge on any atom is -0.486 e. The zero-order chi connectivity index (χ0) is 30.6. The number of benzene rings is 2. The average Bonchev–Trinajstić information content (AvgIpc) is 2.98. The summed E-state index contributed by atoms with van der Waals surface area (Å²) in [6.45, 7) is 9.68. The molecule has 1 aromatic heterocycles. The number of aryl methyl sites for hydroxylation is 1. The fourth-order valence-corrected chi connectivity index (χ4v) is 5.50. The molecule has 2 N–H and O–H groups in total. The molecule has 2 saturated heterocycles. The summed E-state index contributed by atoms with van der Waals surface area (Å²) in [5.41, 5.74) is 3.66. The minimum absolute atomic E-state index is 0.138. The zero-order valence-electron chi connectivity index (χ0n) is 25.1. The van der Waals surface area contributed by atoms with Gasteiger partial charge in [-0.1, -0.05) is 6.07 Å². The Morgan fingerprint density at radius 2 is 1.93 bits per heavy atom. The number of aromatic nitrogens is 3. The molecule has 2 unspecified atom stereocenters. The van der Waals surface area contributed by atoms with Gasteiger partial charge in [0.25, 0.3) is 0 Å². The highest BCUT2D eigenvalue weighted by molar-refractivity contribution is 5.68. The lowest BCUT2D eigenvalue weighted by molar-refractivity contribution is -0.0106. The van der Waals surface area contributed by atoms with Gasteiger partial charge in [-0.05, 0) is 101 Å². The van der Waals surface area contributed by atoms with Crippen LogP contribution >= 0.6 is 0 Å². The second-order valence-electron chi connectivity index (χ2n) is 12.1. The van der Waals surface area contributed by atoms with Crippen molar-refractivity contribution in [2.45, 2.75) is 70.8 Å². The number of carbonyl (C=O) groups is 1. The predicted octanol–water partition coefficient (Wildman–Crippen LogP) is 5.66. The molecule has 0 bridgehead atoms. The van der Waals surface area contributed by atoms with E-state index in [4.69, 9.17) is 9.47 Å². The smallest absolute Gasteiger partial charge is 0.410 e. The third-order valence-electron chi connectivity index (χ3n) is 7.65. The Labute approximate surface area is 251 Å². The lowest BCUT2D eigenvalue weighted by Gasteiger charge is -2.35. The van der Waals surface area contributed by atoms with Crippen molar-refractivity contribution in [1.29, 1.82) is 5.26 Å². The van der Waals surface area contributed by atoms with Crippen molar-refractivity contribution in [2.75, 3.05) is 31.5 Å². The first-order chi connectivity index (χ1) is 20.6. The second kappa shape index (κ2) is 12.9. The molecule has 5 rings (SSSR count). The standard InChI is InChI=1S/C32H38FN7O3/c1-20-15-24(6-7-25(20)21-9-12-35-13-10-21)38-30-37-19-36-29(39-30)22-5-8-27(23(16-22)17-34)42-28-11-14-40(18-26(28)33)31(41)43-32(2,3)4/h5-8,15-16,19,21,26,28,35H,9-14,18H2,1-4H3,(H,36,37,38,39). The molecule has 3 aromatic rings. The molecule has 43 heavy (non-hydrogen) atoms. The van der Waals surface area contributed by atoms with Crippen LogP contribution in [0.1, 0.15) is 62.6 Å². The number of piperidine rings is 2. The maximum absolute atomic E-state index is 15.0. The molecule has 3 heterocycles. The molecule has 1 amide bonds. The molecule has 2 aliphatic heterocycles. The van der Waals surface area contributed by atoms with E-state index in [2.05, 4.69) is 50.7 Å². The van der Waals surface area contributed by atoms with Crippen LogP contribution in [0.25, 0.3) is 11.4 Å². The summed E-state index contributed by atoms with van der Waals surface area (Å²) >= 11 is 0. The molecule has 2 aromatic carbocycles. The summed E-state index contributed by atoms with van der Waals surface area (Å²) in [5.74, 6) is 1.61. The lowest BCUT2D eigenvalue weighted by atomic mass is 9.87. The van der Waals surface area contributed by atoms with Crippen LogP contribution < -0.4 is 15.4 Å². The van der Waals surface area contributed by atoms with Crippen molar-refractivity contribution in [3.63, 3.8) is 0 Å². The zero-order valence-corrected chi connectivity index (χ0v) is 25.1. The van der Waals surface area contributed by atoms with E-state index in [1.165, 1.54) is 22.4 Å². The quantitative estimate of drug-likeness (QED) is 0.376. The number of hydrogen-bond acceptors (Lipinski definition) is 9. The molecule has 2 fully saturated rings. The van der Waals surface area contributed by atoms with E-state index in [0.29, 0.717) is 29.8 Å². The first-order valence-electron chi connectivity index (χ1n) is 14.7. The van der Waals surface area contributed by atoms with Crippen molar-refractivity contribution in [3.05, 3.63) is 59.4 Å². The molecule has 226 valence electrons. The molecule has 0 spiro atoms. The first kappa shape index (κ1) is 30.2. The number of likely N-dealkylation sites (tertiary alicyclic amines) is 1. The van der Waals surface area contributed by atoms with Crippen LogP contribution in [0.4, 0.5) is 20.8 Å². The maximum atomic E-state index is 15.0. The number of rotatable bonds is 6.